The van der Waals surface area contributed by atoms with Crippen LogP contribution in [0.4, 0.5) is 0 Å². The molecule has 0 heterocycles. The van der Waals surface area contributed by atoms with Crippen molar-refractivity contribution in [1.29, 1.82) is 0 Å². The van der Waals surface area contributed by atoms with E-state index in [4.69, 9.17) is 17.1 Å². The number of rotatable bonds is 5. The lowest BCUT2D eigenvalue weighted by molar-refractivity contribution is 0.640. The Hall–Kier alpha value is -1.18. The highest BCUT2D eigenvalue weighted by Gasteiger charge is 2.04. The van der Waals surface area contributed by atoms with Gasteiger partial charge in [0.1, 0.15) is 0 Å². The van der Waals surface area contributed by atoms with E-state index in [-0.39, 0.29) is 0 Å². The van der Waals surface area contributed by atoms with E-state index in [0.29, 0.717) is 12.5 Å². The van der Waals surface area contributed by atoms with E-state index < -0.39 is 0 Å². The van der Waals surface area contributed by atoms with Gasteiger partial charge in [-0.2, -0.15) is 0 Å². The standard InChI is InChI=1S/C11H14ClN3/c1-9(3-2-8-14-15-13)10-4-6-11(12)7-5-10/h4-7,9H,2-3,8H2,1H3. The van der Waals surface area contributed by atoms with Crippen molar-refractivity contribution in [2.45, 2.75) is 25.7 Å². The predicted octanol–water partition coefficient (Wildman–Crippen LogP) is 4.53. The Bertz CT molecular complexity index is 341. The molecule has 3 nitrogen and oxygen atoms in total. The molecule has 0 aliphatic heterocycles. The Morgan fingerprint density at radius 1 is 1.40 bits per heavy atom. The number of halogens is 1. The van der Waals surface area contributed by atoms with Gasteiger partial charge in [0, 0.05) is 16.5 Å². The fourth-order valence-electron chi connectivity index (χ4n) is 1.47. The summed E-state index contributed by atoms with van der Waals surface area (Å²) in [5, 5.41) is 4.27. The first kappa shape index (κ1) is 11.9. The van der Waals surface area contributed by atoms with Crippen molar-refractivity contribution >= 4 is 11.6 Å². The Kier molecular flexibility index (Phi) is 5.02. The molecular weight excluding hydrogens is 210 g/mol. The Labute approximate surface area is 94.7 Å². The van der Waals surface area contributed by atoms with Gasteiger partial charge in [-0.15, -0.1) is 0 Å². The van der Waals surface area contributed by atoms with Crippen LogP contribution < -0.4 is 0 Å². The molecule has 0 aliphatic carbocycles. The molecule has 1 atom stereocenters. The van der Waals surface area contributed by atoms with Crippen LogP contribution in [-0.2, 0) is 0 Å². The zero-order chi connectivity index (χ0) is 11.1. The molecular formula is C11H14ClN3. The van der Waals surface area contributed by atoms with Crippen LogP contribution >= 0.6 is 11.6 Å². The number of hydrogen-bond donors (Lipinski definition) is 0. The normalized spacial score (nSPS) is 11.9. The van der Waals surface area contributed by atoms with Gasteiger partial charge in [0.2, 0.25) is 0 Å². The van der Waals surface area contributed by atoms with Crippen LogP contribution in [0.1, 0.15) is 31.2 Å². The molecule has 0 saturated carbocycles. The lowest BCUT2D eigenvalue weighted by Crippen LogP contribution is -1.94. The summed E-state index contributed by atoms with van der Waals surface area (Å²) >= 11 is 5.81. The smallest absolute Gasteiger partial charge is 0.0406 e. The zero-order valence-corrected chi connectivity index (χ0v) is 9.48. The van der Waals surface area contributed by atoms with E-state index in [9.17, 15) is 0 Å². The SMILES string of the molecule is CC(CCCN=[N+]=[N-])c1ccc(Cl)cc1. The van der Waals surface area contributed by atoms with Crippen molar-refractivity contribution in [3.63, 3.8) is 0 Å². The average molecular weight is 224 g/mol. The van der Waals surface area contributed by atoms with Crippen LogP contribution in [0.15, 0.2) is 29.4 Å². The maximum Gasteiger partial charge on any atom is 0.0406 e. The summed E-state index contributed by atoms with van der Waals surface area (Å²) in [5.41, 5.74) is 9.40. The summed E-state index contributed by atoms with van der Waals surface area (Å²) in [7, 11) is 0. The van der Waals surface area contributed by atoms with Crippen LogP contribution in [0.25, 0.3) is 10.4 Å². The third-order valence-corrected chi connectivity index (χ3v) is 2.65. The molecule has 0 aromatic heterocycles. The number of benzene rings is 1. The van der Waals surface area contributed by atoms with Crippen molar-refractivity contribution in [3.05, 3.63) is 45.3 Å². The molecule has 0 spiro atoms. The summed E-state index contributed by atoms with van der Waals surface area (Å²) in [5.74, 6) is 0.483. The molecule has 0 bridgehead atoms. The maximum absolute atomic E-state index is 8.12. The van der Waals surface area contributed by atoms with E-state index >= 15 is 0 Å². The minimum Gasteiger partial charge on any atom is -0.0940 e. The first-order valence-corrected chi connectivity index (χ1v) is 5.38. The summed E-state index contributed by atoms with van der Waals surface area (Å²) < 4.78 is 0. The van der Waals surface area contributed by atoms with E-state index in [1.165, 1.54) is 5.56 Å². The quantitative estimate of drug-likeness (QED) is 0.305. The second kappa shape index (κ2) is 6.33. The lowest BCUT2D eigenvalue weighted by Gasteiger charge is -2.10. The maximum atomic E-state index is 8.12. The minimum atomic E-state index is 0.483. The summed E-state index contributed by atoms with van der Waals surface area (Å²) in [6, 6.07) is 7.89. The second-order valence-corrected chi connectivity index (χ2v) is 3.99. The Morgan fingerprint density at radius 3 is 2.67 bits per heavy atom. The van der Waals surface area contributed by atoms with Crippen molar-refractivity contribution < 1.29 is 0 Å². The van der Waals surface area contributed by atoms with Crippen molar-refractivity contribution in [1.82, 2.24) is 0 Å². The second-order valence-electron chi connectivity index (χ2n) is 3.55. The number of hydrogen-bond acceptors (Lipinski definition) is 1. The molecule has 1 unspecified atom stereocenters. The van der Waals surface area contributed by atoms with Crippen LogP contribution in [0.3, 0.4) is 0 Å². The summed E-state index contributed by atoms with van der Waals surface area (Å²) in [4.78, 5) is 2.72. The van der Waals surface area contributed by atoms with Gasteiger partial charge in [-0.25, -0.2) is 0 Å². The fraction of sp³-hybridized carbons (Fsp3) is 0.455. The van der Waals surface area contributed by atoms with Crippen LogP contribution in [-0.4, -0.2) is 6.54 Å². The largest absolute Gasteiger partial charge is 0.0940 e. The van der Waals surface area contributed by atoms with Gasteiger partial charge in [-0.05, 0) is 42.0 Å². The van der Waals surface area contributed by atoms with Gasteiger partial charge in [0.25, 0.3) is 0 Å². The highest BCUT2D eigenvalue weighted by atomic mass is 35.5. The molecule has 80 valence electrons. The molecule has 0 fully saturated rings. The molecule has 0 saturated heterocycles. The number of azide groups is 1. The first-order valence-electron chi connectivity index (χ1n) is 5.00. The fourth-order valence-corrected chi connectivity index (χ4v) is 1.60. The molecule has 15 heavy (non-hydrogen) atoms. The topological polar surface area (TPSA) is 48.8 Å². The molecule has 1 aromatic carbocycles. The summed E-state index contributed by atoms with van der Waals surface area (Å²) in [6.45, 7) is 2.74. The van der Waals surface area contributed by atoms with Crippen molar-refractivity contribution in [3.8, 4) is 0 Å². The van der Waals surface area contributed by atoms with Gasteiger partial charge >= 0.3 is 0 Å². The van der Waals surface area contributed by atoms with Gasteiger partial charge in [-0.3, -0.25) is 0 Å². The van der Waals surface area contributed by atoms with Crippen molar-refractivity contribution in [2.24, 2.45) is 5.11 Å². The van der Waals surface area contributed by atoms with E-state index in [2.05, 4.69) is 16.9 Å². The molecule has 1 rings (SSSR count). The van der Waals surface area contributed by atoms with E-state index in [0.717, 1.165) is 17.9 Å². The molecule has 0 N–H and O–H groups in total. The molecule has 0 radical (unpaired) electrons. The summed E-state index contributed by atoms with van der Waals surface area (Å²) in [6.07, 6.45) is 1.95. The van der Waals surface area contributed by atoms with Gasteiger partial charge in [0.15, 0.2) is 0 Å². The third-order valence-electron chi connectivity index (χ3n) is 2.40. The highest BCUT2D eigenvalue weighted by molar-refractivity contribution is 6.30. The third kappa shape index (κ3) is 4.24. The van der Waals surface area contributed by atoms with Gasteiger partial charge < -0.3 is 0 Å². The van der Waals surface area contributed by atoms with E-state index in [1.807, 2.05) is 24.3 Å². The Balaban J connectivity index is 2.42. The molecule has 0 amide bonds. The van der Waals surface area contributed by atoms with E-state index in [1.54, 1.807) is 0 Å². The molecule has 1 aromatic rings. The average Bonchev–Trinajstić information content (AvgIpc) is 2.25. The van der Waals surface area contributed by atoms with Crippen LogP contribution in [0.5, 0.6) is 0 Å². The van der Waals surface area contributed by atoms with Gasteiger partial charge in [0.05, 0.1) is 0 Å². The monoisotopic (exact) mass is 223 g/mol. The Morgan fingerprint density at radius 2 is 2.07 bits per heavy atom. The lowest BCUT2D eigenvalue weighted by atomic mass is 9.96. The van der Waals surface area contributed by atoms with Crippen LogP contribution in [0, 0.1) is 0 Å². The first-order chi connectivity index (χ1) is 7.24. The predicted molar refractivity (Wildman–Crippen MR) is 63.1 cm³/mol. The van der Waals surface area contributed by atoms with Gasteiger partial charge in [-0.1, -0.05) is 35.8 Å². The molecule has 0 aliphatic rings. The highest BCUT2D eigenvalue weighted by Crippen LogP contribution is 2.22. The minimum absolute atomic E-state index is 0.483. The van der Waals surface area contributed by atoms with Crippen molar-refractivity contribution in [2.75, 3.05) is 6.54 Å². The zero-order valence-electron chi connectivity index (χ0n) is 8.73. The number of nitrogens with zero attached hydrogens (tertiary/aromatic N) is 3. The van der Waals surface area contributed by atoms with Crippen LogP contribution in [0.2, 0.25) is 5.02 Å². The molecule has 4 heteroatoms.